The summed E-state index contributed by atoms with van der Waals surface area (Å²) in [6.07, 6.45) is -0.720. The van der Waals surface area contributed by atoms with E-state index in [1.165, 1.54) is 11.3 Å². The van der Waals surface area contributed by atoms with Crippen LogP contribution in [0.15, 0.2) is 29.6 Å². The SMILES string of the molecule is CNc1nc(C(=O)NCC(O)c2ccc(C)cc2)cs1. The Kier molecular flexibility index (Phi) is 4.70. The molecule has 0 aliphatic heterocycles. The highest BCUT2D eigenvalue weighted by molar-refractivity contribution is 7.13. The number of thiazole rings is 1. The minimum atomic E-state index is -0.720. The second kappa shape index (κ2) is 6.49. The van der Waals surface area contributed by atoms with Crippen LogP contribution >= 0.6 is 11.3 Å². The molecule has 5 nitrogen and oxygen atoms in total. The highest BCUT2D eigenvalue weighted by Gasteiger charge is 2.13. The molecule has 0 saturated heterocycles. The van der Waals surface area contributed by atoms with Crippen LogP contribution in [0, 0.1) is 6.92 Å². The quantitative estimate of drug-likeness (QED) is 0.787. The third-order valence-corrected chi connectivity index (χ3v) is 3.73. The Labute approximate surface area is 121 Å². The zero-order valence-corrected chi connectivity index (χ0v) is 12.2. The molecular formula is C14H17N3O2S. The van der Waals surface area contributed by atoms with Gasteiger partial charge in [0.1, 0.15) is 5.69 Å². The van der Waals surface area contributed by atoms with Crippen LogP contribution in [0.2, 0.25) is 0 Å². The standard InChI is InChI=1S/C14H17N3O2S/c1-9-3-5-10(6-4-9)12(18)7-16-13(19)11-8-20-14(15-2)17-11/h3-6,8,12,18H,7H2,1-2H3,(H,15,17)(H,16,19). The molecule has 3 N–H and O–H groups in total. The monoisotopic (exact) mass is 291 g/mol. The number of aliphatic hydroxyl groups is 1. The summed E-state index contributed by atoms with van der Waals surface area (Å²) in [7, 11) is 1.75. The van der Waals surface area contributed by atoms with Crippen LogP contribution in [0.3, 0.4) is 0 Å². The van der Waals surface area contributed by atoms with E-state index in [1.807, 2.05) is 31.2 Å². The highest BCUT2D eigenvalue weighted by atomic mass is 32.1. The second-order valence-electron chi connectivity index (χ2n) is 4.42. The van der Waals surface area contributed by atoms with Crippen LogP contribution in [0.5, 0.6) is 0 Å². The number of aryl methyl sites for hydroxylation is 1. The molecule has 106 valence electrons. The number of aliphatic hydroxyl groups excluding tert-OH is 1. The summed E-state index contributed by atoms with van der Waals surface area (Å²) < 4.78 is 0. The Hall–Kier alpha value is -1.92. The first-order valence-corrected chi connectivity index (χ1v) is 7.14. The summed E-state index contributed by atoms with van der Waals surface area (Å²) >= 11 is 1.36. The smallest absolute Gasteiger partial charge is 0.270 e. The minimum absolute atomic E-state index is 0.161. The Bertz CT molecular complexity index is 580. The number of carbonyl (C=O) groups is 1. The third kappa shape index (κ3) is 3.55. The average Bonchev–Trinajstić information content (AvgIpc) is 2.94. The molecule has 0 fully saturated rings. The van der Waals surface area contributed by atoms with E-state index >= 15 is 0 Å². The third-order valence-electron chi connectivity index (χ3n) is 2.87. The summed E-state index contributed by atoms with van der Waals surface area (Å²) in [5.74, 6) is -0.283. The van der Waals surface area contributed by atoms with E-state index in [4.69, 9.17) is 0 Å². The number of carbonyl (C=O) groups excluding carboxylic acids is 1. The first-order chi connectivity index (χ1) is 9.60. The van der Waals surface area contributed by atoms with Crippen LogP contribution in [0.4, 0.5) is 5.13 Å². The van der Waals surface area contributed by atoms with E-state index < -0.39 is 6.10 Å². The molecule has 0 radical (unpaired) electrons. The molecule has 6 heteroatoms. The van der Waals surface area contributed by atoms with Crippen molar-refractivity contribution in [2.75, 3.05) is 18.9 Å². The van der Waals surface area contributed by atoms with Gasteiger partial charge >= 0.3 is 0 Å². The van der Waals surface area contributed by atoms with E-state index in [0.717, 1.165) is 11.1 Å². The first kappa shape index (κ1) is 14.5. The maximum absolute atomic E-state index is 11.9. The summed E-state index contributed by atoms with van der Waals surface area (Å²) in [5.41, 5.74) is 2.27. The lowest BCUT2D eigenvalue weighted by molar-refractivity contribution is 0.0912. The van der Waals surface area contributed by atoms with Crippen molar-refractivity contribution in [3.63, 3.8) is 0 Å². The van der Waals surface area contributed by atoms with E-state index in [0.29, 0.717) is 10.8 Å². The fourth-order valence-corrected chi connectivity index (χ4v) is 2.33. The summed E-state index contributed by atoms with van der Waals surface area (Å²) in [6, 6.07) is 7.57. The predicted molar refractivity (Wildman–Crippen MR) is 80.1 cm³/mol. The van der Waals surface area contributed by atoms with Gasteiger partial charge in [-0.2, -0.15) is 0 Å². The van der Waals surface area contributed by atoms with Crippen molar-refractivity contribution in [2.45, 2.75) is 13.0 Å². The molecule has 0 spiro atoms. The number of benzene rings is 1. The molecule has 1 unspecified atom stereocenters. The van der Waals surface area contributed by atoms with Gasteiger partial charge in [-0.3, -0.25) is 4.79 Å². The van der Waals surface area contributed by atoms with Crippen molar-refractivity contribution < 1.29 is 9.90 Å². The molecular weight excluding hydrogens is 274 g/mol. The molecule has 2 rings (SSSR count). The van der Waals surface area contributed by atoms with Crippen molar-refractivity contribution in [1.82, 2.24) is 10.3 Å². The van der Waals surface area contributed by atoms with Gasteiger partial charge in [0.15, 0.2) is 5.13 Å². The second-order valence-corrected chi connectivity index (χ2v) is 5.28. The lowest BCUT2D eigenvalue weighted by atomic mass is 10.1. The maximum atomic E-state index is 11.9. The summed E-state index contributed by atoms with van der Waals surface area (Å²) in [4.78, 5) is 16.0. The van der Waals surface area contributed by atoms with Gasteiger partial charge in [-0.1, -0.05) is 29.8 Å². The van der Waals surface area contributed by atoms with Crippen LogP contribution in [-0.2, 0) is 0 Å². The summed E-state index contributed by atoms with van der Waals surface area (Å²) in [5, 5.41) is 17.9. The molecule has 1 heterocycles. The number of rotatable bonds is 5. The van der Waals surface area contributed by atoms with Gasteiger partial charge in [-0.15, -0.1) is 11.3 Å². The van der Waals surface area contributed by atoms with E-state index in [-0.39, 0.29) is 12.5 Å². The molecule has 0 bridgehead atoms. The lowest BCUT2D eigenvalue weighted by Gasteiger charge is -2.11. The average molecular weight is 291 g/mol. The van der Waals surface area contributed by atoms with Crippen molar-refractivity contribution in [3.05, 3.63) is 46.5 Å². The predicted octanol–water partition coefficient (Wildman–Crippen LogP) is 1.96. The van der Waals surface area contributed by atoms with Gasteiger partial charge in [-0.05, 0) is 12.5 Å². The van der Waals surface area contributed by atoms with E-state index in [1.54, 1.807) is 12.4 Å². The number of hydrogen-bond acceptors (Lipinski definition) is 5. The van der Waals surface area contributed by atoms with Gasteiger partial charge < -0.3 is 15.7 Å². The van der Waals surface area contributed by atoms with Crippen molar-refractivity contribution >= 4 is 22.4 Å². The van der Waals surface area contributed by atoms with Crippen LogP contribution in [0.25, 0.3) is 0 Å². The molecule has 1 amide bonds. The molecule has 1 aromatic heterocycles. The Morgan fingerprint density at radius 3 is 2.70 bits per heavy atom. The Morgan fingerprint density at radius 2 is 2.10 bits per heavy atom. The van der Waals surface area contributed by atoms with Crippen LogP contribution < -0.4 is 10.6 Å². The fraction of sp³-hybridized carbons (Fsp3) is 0.286. The number of aromatic nitrogens is 1. The molecule has 2 aromatic rings. The minimum Gasteiger partial charge on any atom is -0.387 e. The van der Waals surface area contributed by atoms with Crippen LogP contribution in [-0.4, -0.2) is 29.6 Å². The Balaban J connectivity index is 1.91. The zero-order valence-electron chi connectivity index (χ0n) is 11.4. The van der Waals surface area contributed by atoms with Gasteiger partial charge in [0.25, 0.3) is 5.91 Å². The lowest BCUT2D eigenvalue weighted by Crippen LogP contribution is -2.28. The topological polar surface area (TPSA) is 74.2 Å². The van der Waals surface area contributed by atoms with Gasteiger partial charge in [-0.25, -0.2) is 4.98 Å². The number of nitrogens with zero attached hydrogens (tertiary/aromatic N) is 1. The summed E-state index contributed by atoms with van der Waals surface area (Å²) in [6.45, 7) is 2.15. The van der Waals surface area contributed by atoms with Crippen molar-refractivity contribution in [1.29, 1.82) is 0 Å². The zero-order chi connectivity index (χ0) is 14.5. The number of amides is 1. The molecule has 0 aliphatic carbocycles. The molecule has 1 aromatic carbocycles. The molecule has 0 aliphatic rings. The molecule has 0 saturated carbocycles. The van der Waals surface area contributed by atoms with Crippen molar-refractivity contribution in [3.8, 4) is 0 Å². The molecule has 20 heavy (non-hydrogen) atoms. The Morgan fingerprint density at radius 1 is 1.40 bits per heavy atom. The van der Waals surface area contributed by atoms with Crippen molar-refractivity contribution in [2.24, 2.45) is 0 Å². The molecule has 1 atom stereocenters. The number of hydrogen-bond donors (Lipinski definition) is 3. The largest absolute Gasteiger partial charge is 0.387 e. The fourth-order valence-electron chi connectivity index (χ4n) is 1.68. The van der Waals surface area contributed by atoms with Crippen LogP contribution in [0.1, 0.15) is 27.7 Å². The number of nitrogens with one attached hydrogen (secondary N) is 2. The van der Waals surface area contributed by atoms with E-state index in [2.05, 4.69) is 15.6 Å². The first-order valence-electron chi connectivity index (χ1n) is 6.26. The van der Waals surface area contributed by atoms with Gasteiger partial charge in [0.2, 0.25) is 0 Å². The van der Waals surface area contributed by atoms with Gasteiger partial charge in [0, 0.05) is 19.0 Å². The highest BCUT2D eigenvalue weighted by Crippen LogP contribution is 2.15. The van der Waals surface area contributed by atoms with E-state index in [9.17, 15) is 9.90 Å². The number of anilines is 1. The maximum Gasteiger partial charge on any atom is 0.270 e. The normalized spacial score (nSPS) is 11.9. The van der Waals surface area contributed by atoms with Gasteiger partial charge in [0.05, 0.1) is 6.10 Å².